The number of guanidine groups is 1. The Hall–Kier alpha value is -4.39. The molecule has 0 unspecified atom stereocenters. The van der Waals surface area contributed by atoms with Crippen LogP contribution >= 0.6 is 11.8 Å². The van der Waals surface area contributed by atoms with Gasteiger partial charge in [0.25, 0.3) is 5.91 Å². The lowest BCUT2D eigenvalue weighted by Gasteiger charge is -2.26. The molecule has 5 N–H and O–H groups in total. The quantitative estimate of drug-likeness (QED) is 0.0700. The largest absolute Gasteiger partial charge is 0.446 e. The van der Waals surface area contributed by atoms with Crippen LogP contribution in [0.1, 0.15) is 59.5 Å². The van der Waals surface area contributed by atoms with Gasteiger partial charge in [0, 0.05) is 21.8 Å². The third kappa shape index (κ3) is 8.80. The number of nitrogens with two attached hydrogens (primary N) is 1. The molecule has 3 aromatic carbocycles. The van der Waals surface area contributed by atoms with Crippen LogP contribution in [0.2, 0.25) is 0 Å². The lowest BCUT2D eigenvalue weighted by Crippen LogP contribution is -2.36. The van der Waals surface area contributed by atoms with E-state index in [0.29, 0.717) is 17.3 Å². The molecule has 0 spiro atoms. The molecule has 4 rings (SSSR count). The summed E-state index contributed by atoms with van der Waals surface area (Å²) in [5, 5.41) is 11.1. The number of rotatable bonds is 8. The summed E-state index contributed by atoms with van der Waals surface area (Å²) in [6, 6.07) is 19.4. The second-order valence-corrected chi connectivity index (χ2v) is 10.9. The van der Waals surface area contributed by atoms with E-state index in [0.717, 1.165) is 18.4 Å². The highest BCUT2D eigenvalue weighted by molar-refractivity contribution is 8.00. The molecule has 3 amide bonds. The zero-order valence-corrected chi connectivity index (χ0v) is 23.3. The average Bonchev–Trinajstić information content (AvgIpc) is 2.97. The topological polar surface area (TPSA) is 136 Å². The number of nitrogens with one attached hydrogen (secondary N) is 3. The van der Waals surface area contributed by atoms with Crippen molar-refractivity contribution in [1.29, 1.82) is 5.53 Å². The first kappa shape index (κ1) is 30.6. The van der Waals surface area contributed by atoms with Crippen molar-refractivity contribution in [1.82, 2.24) is 5.32 Å². The van der Waals surface area contributed by atoms with Crippen molar-refractivity contribution in [2.75, 3.05) is 10.2 Å². The lowest BCUT2D eigenvalue weighted by atomic mass is 9.84. The first-order chi connectivity index (χ1) is 20.1. The molecule has 0 radical (unpaired) electrons. The Morgan fingerprint density at radius 1 is 0.952 bits per heavy atom. The summed E-state index contributed by atoms with van der Waals surface area (Å²) in [5.41, 5.74) is 11.0. The maximum absolute atomic E-state index is 13.5. The maximum atomic E-state index is 13.5. The molecule has 3 aromatic rings. The van der Waals surface area contributed by atoms with Crippen molar-refractivity contribution in [3.8, 4) is 0 Å². The minimum absolute atomic E-state index is 0.0156. The van der Waals surface area contributed by atoms with Crippen LogP contribution in [0.5, 0.6) is 0 Å². The SMILES string of the molecule is N=NN=C(N)NC(=O)c1ccc(CN(C(=O)Nc2ccc(SC(F)(F)F)cc2)c2ccc(C3CCCCC3)cc2)cc1. The molecular formula is C29H30F3N7O2S. The van der Waals surface area contributed by atoms with Crippen LogP contribution in [0, 0.1) is 5.53 Å². The number of nitrogens with zero attached hydrogens (tertiary/aromatic N) is 3. The molecule has 9 nitrogen and oxygen atoms in total. The number of thioether (sulfide) groups is 1. The molecule has 13 heteroatoms. The number of benzene rings is 3. The number of carbonyl (C=O) groups excluding carboxylic acids is 2. The second kappa shape index (κ2) is 14.0. The number of hydrogen-bond acceptors (Lipinski definition) is 5. The molecule has 0 heterocycles. The standard InChI is InChI=1S/C29H30F3N7O2S/c30-29(31,32)42-25-16-12-23(13-17-25)35-28(41)39(24-14-10-21(11-15-24)20-4-2-1-3-5-20)18-19-6-8-22(9-7-19)26(40)36-27(33)37-38-34/h6-17,20H,1-5,18H2,(H,35,41)(H4,33,34,36,37,40). The molecule has 1 saturated carbocycles. The highest BCUT2D eigenvalue weighted by Crippen LogP contribution is 2.37. The Labute approximate surface area is 245 Å². The van der Waals surface area contributed by atoms with E-state index in [1.807, 2.05) is 24.3 Å². The number of urea groups is 1. The summed E-state index contributed by atoms with van der Waals surface area (Å²) in [5.74, 6) is -0.356. The summed E-state index contributed by atoms with van der Waals surface area (Å²) < 4.78 is 38.1. The fraction of sp³-hybridized carbons (Fsp3) is 0.276. The van der Waals surface area contributed by atoms with Gasteiger partial charge in [0.1, 0.15) is 0 Å². The highest BCUT2D eigenvalue weighted by Gasteiger charge is 2.29. The molecule has 0 saturated heterocycles. The smallest absolute Gasteiger partial charge is 0.368 e. The Bertz CT molecular complexity index is 1410. The van der Waals surface area contributed by atoms with Gasteiger partial charge in [-0.15, -0.1) is 0 Å². The van der Waals surface area contributed by atoms with E-state index in [1.165, 1.54) is 54.0 Å². The summed E-state index contributed by atoms with van der Waals surface area (Å²) in [4.78, 5) is 27.4. The van der Waals surface area contributed by atoms with Crippen molar-refractivity contribution < 1.29 is 22.8 Å². The molecule has 1 aliphatic carbocycles. The van der Waals surface area contributed by atoms with Gasteiger partial charge in [0.2, 0.25) is 5.96 Å². The van der Waals surface area contributed by atoms with Gasteiger partial charge >= 0.3 is 11.5 Å². The third-order valence-electron chi connectivity index (χ3n) is 6.82. The molecule has 0 aliphatic heterocycles. The molecule has 0 bridgehead atoms. The van der Waals surface area contributed by atoms with Gasteiger partial charge in [-0.05, 0) is 95.4 Å². The van der Waals surface area contributed by atoms with Crippen molar-refractivity contribution in [3.05, 3.63) is 89.5 Å². The van der Waals surface area contributed by atoms with Crippen LogP contribution in [-0.4, -0.2) is 23.4 Å². The highest BCUT2D eigenvalue weighted by atomic mass is 32.2. The number of carbonyl (C=O) groups is 2. The molecule has 1 aliphatic rings. The normalized spacial score (nSPS) is 14.2. The number of hydrogen-bond donors (Lipinski definition) is 4. The Balaban J connectivity index is 1.53. The minimum atomic E-state index is -4.40. The average molecular weight is 598 g/mol. The first-order valence-electron chi connectivity index (χ1n) is 13.3. The molecule has 42 heavy (non-hydrogen) atoms. The van der Waals surface area contributed by atoms with E-state index < -0.39 is 17.4 Å². The summed E-state index contributed by atoms with van der Waals surface area (Å²) in [7, 11) is 0. The van der Waals surface area contributed by atoms with E-state index in [2.05, 4.69) is 21.0 Å². The lowest BCUT2D eigenvalue weighted by molar-refractivity contribution is -0.0328. The second-order valence-electron chi connectivity index (χ2n) is 9.75. The molecule has 0 aromatic heterocycles. The number of halogens is 3. The fourth-order valence-electron chi connectivity index (χ4n) is 4.79. The zero-order valence-electron chi connectivity index (χ0n) is 22.5. The van der Waals surface area contributed by atoms with Gasteiger partial charge < -0.3 is 11.1 Å². The molecule has 1 fully saturated rings. The van der Waals surface area contributed by atoms with Crippen molar-refractivity contribution in [3.63, 3.8) is 0 Å². The van der Waals surface area contributed by atoms with Gasteiger partial charge in [-0.2, -0.15) is 18.7 Å². The van der Waals surface area contributed by atoms with Gasteiger partial charge in [-0.25, -0.2) is 4.79 Å². The van der Waals surface area contributed by atoms with Crippen LogP contribution in [0.3, 0.4) is 0 Å². The molecule has 220 valence electrons. The van der Waals surface area contributed by atoms with Crippen molar-refractivity contribution in [2.45, 2.75) is 55.0 Å². The van der Waals surface area contributed by atoms with Gasteiger partial charge in [-0.1, -0.05) is 48.6 Å². The monoisotopic (exact) mass is 597 g/mol. The predicted molar refractivity (Wildman–Crippen MR) is 157 cm³/mol. The van der Waals surface area contributed by atoms with Crippen LogP contribution < -0.4 is 21.3 Å². The number of alkyl halides is 3. The summed E-state index contributed by atoms with van der Waals surface area (Å²) >= 11 is -0.223. The van der Waals surface area contributed by atoms with Gasteiger partial charge in [0.05, 0.1) is 6.54 Å². The summed E-state index contributed by atoms with van der Waals surface area (Å²) in [6.45, 7) is 0.153. The van der Waals surface area contributed by atoms with Crippen molar-refractivity contribution in [2.24, 2.45) is 16.1 Å². The van der Waals surface area contributed by atoms with E-state index in [4.69, 9.17) is 11.3 Å². The molecule has 0 atom stereocenters. The van der Waals surface area contributed by atoms with E-state index in [9.17, 15) is 22.8 Å². The van der Waals surface area contributed by atoms with Crippen LogP contribution in [-0.2, 0) is 6.54 Å². The van der Waals surface area contributed by atoms with E-state index in [1.54, 1.807) is 24.3 Å². The van der Waals surface area contributed by atoms with Crippen molar-refractivity contribution >= 4 is 41.0 Å². The first-order valence-corrected chi connectivity index (χ1v) is 14.1. The Morgan fingerprint density at radius 2 is 1.60 bits per heavy atom. The van der Waals surface area contributed by atoms with Gasteiger partial charge in [-0.3, -0.25) is 15.0 Å². The zero-order chi connectivity index (χ0) is 30.1. The maximum Gasteiger partial charge on any atom is 0.446 e. The predicted octanol–water partition coefficient (Wildman–Crippen LogP) is 7.58. The third-order valence-corrected chi connectivity index (χ3v) is 7.56. The minimum Gasteiger partial charge on any atom is -0.368 e. The van der Waals surface area contributed by atoms with Gasteiger partial charge in [0.15, 0.2) is 0 Å². The Morgan fingerprint density at radius 3 is 2.19 bits per heavy atom. The number of anilines is 2. The van der Waals surface area contributed by atoms with E-state index in [-0.39, 0.29) is 34.7 Å². The summed E-state index contributed by atoms with van der Waals surface area (Å²) in [6.07, 6.45) is 5.94. The van der Waals surface area contributed by atoms with E-state index >= 15 is 0 Å². The van der Waals surface area contributed by atoms with Crippen LogP contribution in [0.4, 0.5) is 29.3 Å². The Kier molecular flexibility index (Phi) is 10.2. The fourth-order valence-corrected chi connectivity index (χ4v) is 5.32. The number of amides is 3. The molecular weight excluding hydrogens is 567 g/mol. The van der Waals surface area contributed by atoms with Crippen LogP contribution in [0.25, 0.3) is 0 Å². The van der Waals surface area contributed by atoms with Crippen LogP contribution in [0.15, 0.2) is 88.0 Å².